The van der Waals surface area contributed by atoms with E-state index in [0.717, 1.165) is 6.42 Å². The molecule has 0 saturated heterocycles. The molecule has 0 aliphatic rings. The molecule has 66 valence electrons. The molecule has 3 heteroatoms. The lowest BCUT2D eigenvalue weighted by atomic mass is 9.88. The van der Waals surface area contributed by atoms with Crippen LogP contribution in [0.25, 0.3) is 0 Å². The normalized spacial score (nSPS) is 11.3. The Bertz CT molecular complexity index is 132. The molecule has 0 radical (unpaired) electrons. The Hall–Kier alpha value is -0.570. The average Bonchev–Trinajstić information content (AvgIpc) is 2.00. The minimum atomic E-state index is -0.161. The van der Waals surface area contributed by atoms with Crippen molar-refractivity contribution in [1.29, 1.82) is 0 Å². The highest BCUT2D eigenvalue weighted by molar-refractivity contribution is 5.69. The molecular formula is C8H17NO2. The fourth-order valence-corrected chi connectivity index (χ4v) is 0.645. The molecule has 0 aromatic carbocycles. The third-order valence-electron chi connectivity index (χ3n) is 1.79. The molecule has 0 aliphatic carbocycles. The minimum absolute atomic E-state index is 0.0498. The van der Waals surface area contributed by atoms with E-state index in [4.69, 9.17) is 5.73 Å². The number of hydrogen-bond donors (Lipinski definition) is 1. The van der Waals surface area contributed by atoms with Crippen LogP contribution < -0.4 is 5.73 Å². The maximum atomic E-state index is 10.7. The van der Waals surface area contributed by atoms with E-state index in [1.807, 2.05) is 13.8 Å². The first-order valence-corrected chi connectivity index (χ1v) is 3.79. The van der Waals surface area contributed by atoms with Crippen LogP contribution in [-0.2, 0) is 9.53 Å². The second-order valence-corrected chi connectivity index (χ2v) is 3.44. The Morgan fingerprint density at radius 1 is 1.55 bits per heavy atom. The quantitative estimate of drug-likeness (QED) is 0.621. The topological polar surface area (TPSA) is 52.3 Å². The van der Waals surface area contributed by atoms with Crippen LogP contribution in [0.5, 0.6) is 0 Å². The van der Waals surface area contributed by atoms with Gasteiger partial charge in [-0.1, -0.05) is 13.8 Å². The van der Waals surface area contributed by atoms with Crippen LogP contribution in [0.1, 0.15) is 26.7 Å². The van der Waals surface area contributed by atoms with Gasteiger partial charge in [-0.25, -0.2) is 0 Å². The van der Waals surface area contributed by atoms with Crippen molar-refractivity contribution in [3.63, 3.8) is 0 Å². The molecule has 0 fully saturated rings. The number of esters is 1. The largest absolute Gasteiger partial charge is 0.469 e. The summed E-state index contributed by atoms with van der Waals surface area (Å²) in [5.74, 6) is -0.161. The molecule has 0 aliphatic heterocycles. The Labute approximate surface area is 67.9 Å². The van der Waals surface area contributed by atoms with E-state index in [0.29, 0.717) is 13.0 Å². The number of methoxy groups -OCH3 is 1. The second-order valence-electron chi connectivity index (χ2n) is 3.44. The fraction of sp³-hybridized carbons (Fsp3) is 0.875. The summed E-state index contributed by atoms with van der Waals surface area (Å²) >= 11 is 0. The van der Waals surface area contributed by atoms with Gasteiger partial charge in [-0.2, -0.15) is 0 Å². The summed E-state index contributed by atoms with van der Waals surface area (Å²) in [5, 5.41) is 0. The van der Waals surface area contributed by atoms with Gasteiger partial charge in [0, 0.05) is 6.42 Å². The van der Waals surface area contributed by atoms with Gasteiger partial charge in [-0.05, 0) is 18.4 Å². The van der Waals surface area contributed by atoms with Gasteiger partial charge >= 0.3 is 5.97 Å². The maximum Gasteiger partial charge on any atom is 0.305 e. The van der Waals surface area contributed by atoms with E-state index in [9.17, 15) is 4.79 Å². The van der Waals surface area contributed by atoms with Gasteiger partial charge in [0.05, 0.1) is 7.11 Å². The van der Waals surface area contributed by atoms with E-state index >= 15 is 0 Å². The fourth-order valence-electron chi connectivity index (χ4n) is 0.645. The van der Waals surface area contributed by atoms with Gasteiger partial charge in [-0.15, -0.1) is 0 Å². The van der Waals surface area contributed by atoms with E-state index < -0.39 is 0 Å². The first kappa shape index (κ1) is 10.4. The van der Waals surface area contributed by atoms with Crippen molar-refractivity contribution < 1.29 is 9.53 Å². The molecule has 0 aromatic heterocycles. The molecule has 0 bridgehead atoms. The molecule has 0 amide bonds. The van der Waals surface area contributed by atoms with Crippen LogP contribution in [0.2, 0.25) is 0 Å². The Morgan fingerprint density at radius 2 is 2.09 bits per heavy atom. The smallest absolute Gasteiger partial charge is 0.305 e. The van der Waals surface area contributed by atoms with E-state index in [2.05, 4.69) is 4.74 Å². The van der Waals surface area contributed by atoms with Gasteiger partial charge in [0.25, 0.3) is 0 Å². The molecule has 0 saturated carbocycles. The zero-order chi connectivity index (χ0) is 8.91. The number of ether oxygens (including phenoxy) is 1. The van der Waals surface area contributed by atoms with Crippen molar-refractivity contribution >= 4 is 5.97 Å². The number of nitrogens with two attached hydrogens (primary N) is 1. The van der Waals surface area contributed by atoms with Crippen LogP contribution in [-0.4, -0.2) is 19.6 Å². The molecule has 11 heavy (non-hydrogen) atoms. The summed E-state index contributed by atoms with van der Waals surface area (Å²) < 4.78 is 4.51. The molecule has 0 rings (SSSR count). The standard InChI is InChI=1S/C8H17NO2/c1-8(2,6-9)5-4-7(10)11-3/h4-6,9H2,1-3H3. The number of hydrogen-bond acceptors (Lipinski definition) is 3. The lowest BCUT2D eigenvalue weighted by Gasteiger charge is -2.20. The Balaban J connectivity index is 3.61. The van der Waals surface area contributed by atoms with Crippen LogP contribution in [0.15, 0.2) is 0 Å². The summed E-state index contributed by atoms with van der Waals surface area (Å²) in [6.07, 6.45) is 1.25. The van der Waals surface area contributed by atoms with Crippen LogP contribution in [0, 0.1) is 5.41 Å². The SMILES string of the molecule is COC(=O)CCC(C)(C)CN. The second kappa shape index (κ2) is 4.34. The Morgan fingerprint density at radius 3 is 2.45 bits per heavy atom. The van der Waals surface area contributed by atoms with Crippen molar-refractivity contribution in [1.82, 2.24) is 0 Å². The van der Waals surface area contributed by atoms with Gasteiger partial charge < -0.3 is 10.5 Å². The first-order valence-electron chi connectivity index (χ1n) is 3.79. The lowest BCUT2D eigenvalue weighted by molar-refractivity contribution is -0.141. The Kier molecular flexibility index (Phi) is 4.11. The van der Waals surface area contributed by atoms with Crippen LogP contribution in [0.3, 0.4) is 0 Å². The predicted molar refractivity (Wildman–Crippen MR) is 44.1 cm³/mol. The van der Waals surface area contributed by atoms with E-state index in [1.54, 1.807) is 0 Å². The first-order chi connectivity index (χ1) is 5.02. The van der Waals surface area contributed by atoms with Crippen molar-refractivity contribution in [3.05, 3.63) is 0 Å². The zero-order valence-corrected chi connectivity index (χ0v) is 7.52. The maximum absolute atomic E-state index is 10.7. The molecule has 0 heterocycles. The summed E-state index contributed by atoms with van der Waals surface area (Å²) in [6, 6.07) is 0. The monoisotopic (exact) mass is 159 g/mol. The number of rotatable bonds is 4. The van der Waals surface area contributed by atoms with Gasteiger partial charge in [0.2, 0.25) is 0 Å². The molecule has 0 unspecified atom stereocenters. The summed E-state index contributed by atoms with van der Waals surface area (Å²) in [5.41, 5.74) is 5.53. The highest BCUT2D eigenvalue weighted by Gasteiger charge is 2.16. The summed E-state index contributed by atoms with van der Waals surface area (Å²) in [4.78, 5) is 10.7. The van der Waals surface area contributed by atoms with Gasteiger partial charge in [0.1, 0.15) is 0 Å². The van der Waals surface area contributed by atoms with Crippen molar-refractivity contribution in [3.8, 4) is 0 Å². The molecule has 0 spiro atoms. The molecule has 2 N–H and O–H groups in total. The summed E-state index contributed by atoms with van der Waals surface area (Å²) in [6.45, 7) is 4.68. The number of carbonyl (C=O) groups is 1. The lowest BCUT2D eigenvalue weighted by Crippen LogP contribution is -2.24. The van der Waals surface area contributed by atoms with Gasteiger partial charge in [0.15, 0.2) is 0 Å². The number of carbonyl (C=O) groups excluding carboxylic acids is 1. The van der Waals surface area contributed by atoms with Crippen molar-refractivity contribution in [2.75, 3.05) is 13.7 Å². The van der Waals surface area contributed by atoms with Crippen LogP contribution in [0.4, 0.5) is 0 Å². The highest BCUT2D eigenvalue weighted by Crippen LogP contribution is 2.20. The van der Waals surface area contributed by atoms with Crippen molar-refractivity contribution in [2.24, 2.45) is 11.1 Å². The van der Waals surface area contributed by atoms with E-state index in [-0.39, 0.29) is 11.4 Å². The highest BCUT2D eigenvalue weighted by atomic mass is 16.5. The molecule has 0 atom stereocenters. The molecule has 0 aromatic rings. The minimum Gasteiger partial charge on any atom is -0.469 e. The van der Waals surface area contributed by atoms with E-state index in [1.165, 1.54) is 7.11 Å². The average molecular weight is 159 g/mol. The van der Waals surface area contributed by atoms with Crippen LogP contribution >= 0.6 is 0 Å². The predicted octanol–water partition coefficient (Wildman–Crippen LogP) is 0.924. The van der Waals surface area contributed by atoms with Gasteiger partial charge in [-0.3, -0.25) is 4.79 Å². The third-order valence-corrected chi connectivity index (χ3v) is 1.79. The zero-order valence-electron chi connectivity index (χ0n) is 7.52. The molecule has 3 nitrogen and oxygen atoms in total. The van der Waals surface area contributed by atoms with Crippen molar-refractivity contribution in [2.45, 2.75) is 26.7 Å². The molecular weight excluding hydrogens is 142 g/mol. The summed E-state index contributed by atoms with van der Waals surface area (Å²) in [7, 11) is 1.40. The third kappa shape index (κ3) is 4.79.